The van der Waals surface area contributed by atoms with E-state index in [9.17, 15) is 4.79 Å². The van der Waals surface area contributed by atoms with Crippen LogP contribution in [0, 0.1) is 23.7 Å². The number of aliphatic hydroxyl groups excluding tert-OH is 1. The molecule has 0 aromatic rings. The summed E-state index contributed by atoms with van der Waals surface area (Å²) in [6.07, 6.45) is 9.49. The molecule has 6 atom stereocenters. The quantitative estimate of drug-likeness (QED) is 0.722. The fourth-order valence-corrected chi connectivity index (χ4v) is 5.62. The lowest BCUT2D eigenvalue weighted by atomic mass is 9.57. The lowest BCUT2D eigenvalue weighted by Gasteiger charge is -2.49. The first-order valence-electron chi connectivity index (χ1n) is 10.1. The number of hydrogen-bond acceptors (Lipinski definition) is 4. The van der Waals surface area contributed by atoms with E-state index < -0.39 is 0 Å². The third kappa shape index (κ3) is 3.80. The highest BCUT2D eigenvalue weighted by Gasteiger charge is 2.55. The third-order valence-electron chi connectivity index (χ3n) is 6.73. The minimum absolute atomic E-state index is 0.0212. The van der Waals surface area contributed by atoms with Crippen LogP contribution in [0.25, 0.3) is 0 Å². The molecule has 2 aliphatic carbocycles. The van der Waals surface area contributed by atoms with Crippen LogP contribution in [0.3, 0.4) is 0 Å². The van der Waals surface area contributed by atoms with Crippen molar-refractivity contribution in [3.8, 4) is 0 Å². The van der Waals surface area contributed by atoms with Crippen LogP contribution in [-0.2, 0) is 14.3 Å². The molecule has 3 fully saturated rings. The summed E-state index contributed by atoms with van der Waals surface area (Å²) >= 11 is 0. The minimum Gasteiger partial charge on any atom is -0.458 e. The lowest BCUT2D eigenvalue weighted by Crippen LogP contribution is -2.47. The van der Waals surface area contributed by atoms with Gasteiger partial charge in [0.2, 0.25) is 0 Å². The first-order chi connectivity index (χ1) is 12.1. The van der Waals surface area contributed by atoms with E-state index in [2.05, 4.69) is 13.8 Å². The molecule has 25 heavy (non-hydrogen) atoms. The van der Waals surface area contributed by atoms with Gasteiger partial charge in [-0.1, -0.05) is 33.6 Å². The molecule has 1 saturated heterocycles. The summed E-state index contributed by atoms with van der Waals surface area (Å²) in [4.78, 5) is 11.8. The van der Waals surface area contributed by atoms with Crippen LogP contribution >= 0.6 is 0 Å². The number of carbonyl (C=O) groups excluding carboxylic acids is 1. The van der Waals surface area contributed by atoms with Crippen molar-refractivity contribution in [3.63, 3.8) is 0 Å². The van der Waals surface area contributed by atoms with Crippen LogP contribution in [0.5, 0.6) is 0 Å². The van der Waals surface area contributed by atoms with Crippen LogP contribution < -0.4 is 0 Å². The second-order valence-electron chi connectivity index (χ2n) is 7.79. The first-order valence-corrected chi connectivity index (χ1v) is 10.1. The maximum absolute atomic E-state index is 11.8. The lowest BCUT2D eigenvalue weighted by molar-refractivity contribution is -0.138. The van der Waals surface area contributed by atoms with Gasteiger partial charge in [0, 0.05) is 7.11 Å². The summed E-state index contributed by atoms with van der Waals surface area (Å²) in [7, 11) is 1.00. The molecule has 4 aliphatic rings. The van der Waals surface area contributed by atoms with E-state index in [-0.39, 0.29) is 17.7 Å². The van der Waals surface area contributed by atoms with E-state index in [0.717, 1.165) is 43.3 Å². The Morgan fingerprint density at radius 3 is 2.52 bits per heavy atom. The standard InChI is InChI=1S/C18H26O3.C2H6.CH4O/c1-11-4-3-5-13-12(11)6-8-18(2)15(13)10-16(21-18)14-7-9-20-17(14)19;2*1-2/h7,11-13,15-16H,3-6,8-10H2,1-2H3;1-2H3;2H,1H3. The van der Waals surface area contributed by atoms with Crippen molar-refractivity contribution < 1.29 is 19.4 Å². The Bertz CT molecular complexity index is 486. The highest BCUT2D eigenvalue weighted by Crippen LogP contribution is 2.56. The summed E-state index contributed by atoms with van der Waals surface area (Å²) in [6, 6.07) is 0. The van der Waals surface area contributed by atoms with Crippen LogP contribution in [0.2, 0.25) is 0 Å². The molecule has 0 amide bonds. The molecule has 4 rings (SSSR count). The average molecular weight is 353 g/mol. The molecule has 0 aromatic carbocycles. The topological polar surface area (TPSA) is 55.8 Å². The number of cyclic esters (lactones) is 1. The molecule has 2 aliphatic heterocycles. The molecule has 2 saturated carbocycles. The highest BCUT2D eigenvalue weighted by molar-refractivity contribution is 5.91. The first kappa shape index (κ1) is 20.4. The summed E-state index contributed by atoms with van der Waals surface area (Å²) in [5.74, 6) is 3.01. The van der Waals surface area contributed by atoms with E-state index in [0.29, 0.717) is 12.5 Å². The van der Waals surface area contributed by atoms with Gasteiger partial charge >= 0.3 is 5.97 Å². The smallest absolute Gasteiger partial charge is 0.336 e. The van der Waals surface area contributed by atoms with Gasteiger partial charge in [-0.3, -0.25) is 0 Å². The van der Waals surface area contributed by atoms with Gasteiger partial charge in [-0.05, 0) is 62.4 Å². The Balaban J connectivity index is 0.000000528. The molecule has 0 spiro atoms. The molecule has 1 N–H and O–H groups in total. The second-order valence-corrected chi connectivity index (χ2v) is 7.79. The van der Waals surface area contributed by atoms with E-state index in [1.54, 1.807) is 0 Å². The van der Waals surface area contributed by atoms with Crippen molar-refractivity contribution in [1.82, 2.24) is 0 Å². The Labute approximate surface area is 153 Å². The number of rotatable bonds is 1. The fourth-order valence-electron chi connectivity index (χ4n) is 5.62. The van der Waals surface area contributed by atoms with E-state index >= 15 is 0 Å². The van der Waals surface area contributed by atoms with E-state index in [1.807, 2.05) is 19.9 Å². The maximum atomic E-state index is 11.8. The molecule has 4 nitrogen and oxygen atoms in total. The Hall–Kier alpha value is -0.870. The van der Waals surface area contributed by atoms with Gasteiger partial charge in [-0.2, -0.15) is 0 Å². The predicted octanol–water partition coefficient (Wildman–Crippen LogP) is 4.11. The third-order valence-corrected chi connectivity index (χ3v) is 6.73. The molecule has 2 heterocycles. The summed E-state index contributed by atoms with van der Waals surface area (Å²) in [5.41, 5.74) is 0.762. The Morgan fingerprint density at radius 2 is 1.88 bits per heavy atom. The molecule has 0 bridgehead atoms. The van der Waals surface area contributed by atoms with Crippen molar-refractivity contribution in [2.45, 2.75) is 77.9 Å². The second kappa shape index (κ2) is 8.68. The molecular weight excluding hydrogens is 316 g/mol. The van der Waals surface area contributed by atoms with Gasteiger partial charge < -0.3 is 14.6 Å². The SMILES string of the molecule is CC.CC1CCCC2C1CCC1(C)OC(C3=CCOC3=O)CC21.CO. The predicted molar refractivity (Wildman–Crippen MR) is 99.1 cm³/mol. The summed E-state index contributed by atoms with van der Waals surface area (Å²) in [6.45, 7) is 9.15. The molecule has 6 unspecified atom stereocenters. The number of carbonyl (C=O) groups is 1. The van der Waals surface area contributed by atoms with E-state index in [1.165, 1.54) is 25.7 Å². The summed E-state index contributed by atoms with van der Waals surface area (Å²) in [5, 5.41) is 7.00. The number of esters is 1. The van der Waals surface area contributed by atoms with Crippen LogP contribution in [0.15, 0.2) is 11.6 Å². The molecule has 0 aromatic heterocycles. The zero-order valence-corrected chi connectivity index (χ0v) is 16.6. The molecule has 0 radical (unpaired) electrons. The Kier molecular flexibility index (Phi) is 7.10. The number of ether oxygens (including phenoxy) is 2. The van der Waals surface area contributed by atoms with Crippen molar-refractivity contribution in [3.05, 3.63) is 11.6 Å². The largest absolute Gasteiger partial charge is 0.458 e. The highest BCUT2D eigenvalue weighted by atomic mass is 16.5. The van der Waals surface area contributed by atoms with Crippen molar-refractivity contribution >= 4 is 5.97 Å². The number of hydrogen-bond donors (Lipinski definition) is 1. The maximum Gasteiger partial charge on any atom is 0.336 e. The zero-order chi connectivity index (χ0) is 18.6. The zero-order valence-electron chi connectivity index (χ0n) is 16.6. The van der Waals surface area contributed by atoms with Gasteiger partial charge in [0.1, 0.15) is 6.61 Å². The average Bonchev–Trinajstić information content (AvgIpc) is 3.21. The van der Waals surface area contributed by atoms with Gasteiger partial charge in [0.15, 0.2) is 0 Å². The minimum atomic E-state index is -0.157. The fraction of sp³-hybridized carbons (Fsp3) is 0.857. The molecular formula is C21H36O4. The normalized spacial score (nSPS) is 41.9. The van der Waals surface area contributed by atoms with E-state index in [4.69, 9.17) is 14.6 Å². The van der Waals surface area contributed by atoms with Crippen LogP contribution in [0.4, 0.5) is 0 Å². The van der Waals surface area contributed by atoms with Gasteiger partial charge in [0.05, 0.1) is 17.3 Å². The molecule has 4 heteroatoms. The summed E-state index contributed by atoms with van der Waals surface area (Å²) < 4.78 is 11.5. The monoisotopic (exact) mass is 352 g/mol. The van der Waals surface area contributed by atoms with Crippen LogP contribution in [-0.4, -0.2) is 36.5 Å². The number of aliphatic hydroxyl groups is 1. The van der Waals surface area contributed by atoms with Crippen molar-refractivity contribution in [2.75, 3.05) is 13.7 Å². The number of fused-ring (bicyclic) bond motifs is 3. The van der Waals surface area contributed by atoms with Gasteiger partial charge in [-0.15, -0.1) is 0 Å². The van der Waals surface area contributed by atoms with Gasteiger partial charge in [-0.25, -0.2) is 4.79 Å². The van der Waals surface area contributed by atoms with Crippen molar-refractivity contribution in [1.29, 1.82) is 0 Å². The van der Waals surface area contributed by atoms with Gasteiger partial charge in [0.25, 0.3) is 0 Å². The Morgan fingerprint density at radius 1 is 1.16 bits per heavy atom. The van der Waals surface area contributed by atoms with Crippen molar-refractivity contribution in [2.24, 2.45) is 23.7 Å². The molecule has 144 valence electrons. The van der Waals surface area contributed by atoms with Crippen LogP contribution in [0.1, 0.15) is 66.2 Å².